The van der Waals surface area contributed by atoms with Gasteiger partial charge in [0.25, 0.3) is 0 Å². The maximum absolute atomic E-state index is 13.6. The molecular formula is C31H25N3O2. The summed E-state index contributed by atoms with van der Waals surface area (Å²) in [6, 6.07) is 28.6. The first-order valence-corrected chi connectivity index (χ1v) is 12.2. The zero-order valence-corrected chi connectivity index (χ0v) is 19.6. The highest BCUT2D eigenvalue weighted by atomic mass is 16.1. The fraction of sp³-hybridized carbons (Fsp3) is 0.129. The van der Waals surface area contributed by atoms with Gasteiger partial charge in [-0.1, -0.05) is 66.7 Å². The number of fused-ring (bicyclic) bond motifs is 1. The van der Waals surface area contributed by atoms with Crippen molar-refractivity contribution < 1.29 is 9.59 Å². The van der Waals surface area contributed by atoms with Gasteiger partial charge in [0, 0.05) is 41.2 Å². The van der Waals surface area contributed by atoms with E-state index < -0.39 is 0 Å². The van der Waals surface area contributed by atoms with Crippen molar-refractivity contribution in [2.45, 2.75) is 24.8 Å². The van der Waals surface area contributed by atoms with Gasteiger partial charge in [0.15, 0.2) is 11.6 Å². The summed E-state index contributed by atoms with van der Waals surface area (Å²) in [5, 5.41) is 7.14. The Kier molecular flexibility index (Phi) is 5.66. The topological polar surface area (TPSA) is 71.1 Å². The van der Waals surface area contributed by atoms with E-state index in [0.717, 1.165) is 33.8 Å². The van der Waals surface area contributed by atoms with Crippen LogP contribution in [0.25, 0.3) is 0 Å². The van der Waals surface area contributed by atoms with Gasteiger partial charge in [0.1, 0.15) is 0 Å². The normalized spacial score (nSPS) is 18.8. The van der Waals surface area contributed by atoms with Crippen LogP contribution in [0.4, 0.5) is 11.4 Å². The molecule has 1 aliphatic heterocycles. The minimum atomic E-state index is -0.331. The summed E-state index contributed by atoms with van der Waals surface area (Å²) in [4.78, 5) is 31.1. The second-order valence-electron chi connectivity index (χ2n) is 9.28. The van der Waals surface area contributed by atoms with Crippen LogP contribution in [-0.2, 0) is 4.79 Å². The Balaban J connectivity index is 1.43. The lowest BCUT2D eigenvalue weighted by atomic mass is 9.79. The van der Waals surface area contributed by atoms with Gasteiger partial charge in [-0.2, -0.15) is 0 Å². The van der Waals surface area contributed by atoms with Crippen LogP contribution in [0.2, 0.25) is 0 Å². The first kappa shape index (κ1) is 22.0. The summed E-state index contributed by atoms with van der Waals surface area (Å²) in [5.41, 5.74) is 6.58. The molecule has 4 aromatic rings. The molecule has 0 fully saturated rings. The number of carbonyl (C=O) groups is 2. The summed E-state index contributed by atoms with van der Waals surface area (Å²) >= 11 is 0. The monoisotopic (exact) mass is 471 g/mol. The smallest absolute Gasteiger partial charge is 0.193 e. The Morgan fingerprint density at radius 2 is 1.53 bits per heavy atom. The molecule has 36 heavy (non-hydrogen) atoms. The van der Waals surface area contributed by atoms with E-state index in [4.69, 9.17) is 0 Å². The van der Waals surface area contributed by atoms with Crippen LogP contribution in [0.15, 0.2) is 115 Å². The van der Waals surface area contributed by atoms with Crippen molar-refractivity contribution in [3.05, 3.63) is 137 Å². The quantitative estimate of drug-likeness (QED) is 0.342. The number of hydrogen-bond donors (Lipinski definition) is 2. The summed E-state index contributed by atoms with van der Waals surface area (Å²) < 4.78 is 0. The Hall–Kier alpha value is -4.51. The number of carbonyl (C=O) groups excluding carboxylic acids is 2. The van der Waals surface area contributed by atoms with E-state index in [-0.39, 0.29) is 23.5 Å². The number of Topliss-reactive ketones (excluding diaryl/α,β-unsaturated/α-hetero) is 1. The Labute approximate surface area is 209 Å². The summed E-state index contributed by atoms with van der Waals surface area (Å²) in [6.45, 7) is 0. The lowest BCUT2D eigenvalue weighted by Gasteiger charge is -2.29. The van der Waals surface area contributed by atoms with Gasteiger partial charge in [-0.15, -0.1) is 0 Å². The van der Waals surface area contributed by atoms with E-state index >= 15 is 0 Å². The number of hydrogen-bond acceptors (Lipinski definition) is 5. The third kappa shape index (κ3) is 4.09. The highest BCUT2D eigenvalue weighted by molar-refractivity contribution is 6.10. The highest BCUT2D eigenvalue weighted by Gasteiger charge is 2.36. The van der Waals surface area contributed by atoms with Gasteiger partial charge in [0.05, 0.1) is 17.4 Å². The molecule has 2 heterocycles. The van der Waals surface area contributed by atoms with Gasteiger partial charge in [0.2, 0.25) is 0 Å². The number of ketones is 2. The molecule has 6 rings (SSSR count). The second kappa shape index (κ2) is 9.27. The standard InChI is InChI=1S/C31H25N3O2/c35-28-18-24(20-8-3-1-4-9-20)17-27-29(28)30(23-12-7-15-32-19-23)34-25-14-13-22(16-26(25)33-27)31(36)21-10-5-2-6-11-21/h1-16,19,24,30,33-34H,17-18H2/t24-,30+/m0/s1. The van der Waals surface area contributed by atoms with Crippen LogP contribution < -0.4 is 10.6 Å². The molecule has 0 bridgehead atoms. The van der Waals surface area contributed by atoms with Crippen molar-refractivity contribution in [3.63, 3.8) is 0 Å². The van der Waals surface area contributed by atoms with E-state index in [1.54, 1.807) is 12.4 Å². The number of benzene rings is 3. The van der Waals surface area contributed by atoms with E-state index in [9.17, 15) is 9.59 Å². The number of nitrogens with one attached hydrogen (secondary N) is 2. The second-order valence-corrected chi connectivity index (χ2v) is 9.28. The lowest BCUT2D eigenvalue weighted by Crippen LogP contribution is -2.26. The Morgan fingerprint density at radius 1 is 0.778 bits per heavy atom. The summed E-state index contributed by atoms with van der Waals surface area (Å²) in [7, 11) is 0. The van der Waals surface area contributed by atoms with Crippen molar-refractivity contribution in [1.82, 2.24) is 4.98 Å². The van der Waals surface area contributed by atoms with Gasteiger partial charge in [-0.05, 0) is 47.7 Å². The van der Waals surface area contributed by atoms with Crippen molar-refractivity contribution in [2.75, 3.05) is 10.6 Å². The Morgan fingerprint density at radius 3 is 2.28 bits per heavy atom. The van der Waals surface area contributed by atoms with E-state index in [1.165, 1.54) is 0 Å². The molecule has 1 aromatic heterocycles. The molecule has 0 spiro atoms. The molecule has 2 aliphatic rings. The maximum Gasteiger partial charge on any atom is 0.193 e. The van der Waals surface area contributed by atoms with Crippen LogP contribution in [0.1, 0.15) is 51.8 Å². The maximum atomic E-state index is 13.6. The van der Waals surface area contributed by atoms with Crippen LogP contribution in [0.3, 0.4) is 0 Å². The zero-order valence-electron chi connectivity index (χ0n) is 19.6. The molecule has 5 heteroatoms. The van der Waals surface area contributed by atoms with Crippen molar-refractivity contribution in [2.24, 2.45) is 0 Å². The van der Waals surface area contributed by atoms with Crippen molar-refractivity contribution >= 4 is 22.9 Å². The lowest BCUT2D eigenvalue weighted by molar-refractivity contribution is -0.116. The molecule has 1 aliphatic carbocycles. The first-order chi connectivity index (χ1) is 17.7. The molecule has 176 valence electrons. The highest BCUT2D eigenvalue weighted by Crippen LogP contribution is 2.44. The van der Waals surface area contributed by atoms with E-state index in [2.05, 4.69) is 27.8 Å². The third-order valence-corrected chi connectivity index (χ3v) is 6.99. The summed E-state index contributed by atoms with van der Waals surface area (Å²) in [6.07, 6.45) is 4.70. The molecule has 0 unspecified atom stereocenters. The SMILES string of the molecule is O=C1C[C@@H](c2ccccc2)CC2=C1[C@@H](c1cccnc1)Nc1ccc(C(=O)c3ccccc3)cc1N2. The minimum Gasteiger partial charge on any atom is -0.372 e. The molecule has 0 radical (unpaired) electrons. The predicted octanol–water partition coefficient (Wildman–Crippen LogP) is 6.29. The summed E-state index contributed by atoms with van der Waals surface area (Å²) in [5.74, 6) is 0.173. The molecule has 0 saturated carbocycles. The van der Waals surface area contributed by atoms with Crippen molar-refractivity contribution in [3.8, 4) is 0 Å². The number of anilines is 2. The zero-order chi connectivity index (χ0) is 24.5. The fourth-order valence-corrected chi connectivity index (χ4v) is 5.20. The van der Waals surface area contributed by atoms with Crippen molar-refractivity contribution in [1.29, 1.82) is 0 Å². The average Bonchev–Trinajstić information content (AvgIpc) is 3.10. The van der Waals surface area contributed by atoms with Crippen LogP contribution in [0.5, 0.6) is 0 Å². The average molecular weight is 472 g/mol. The number of allylic oxidation sites excluding steroid dienone is 1. The number of aromatic nitrogens is 1. The molecule has 0 saturated heterocycles. The fourth-order valence-electron chi connectivity index (χ4n) is 5.20. The van der Waals surface area contributed by atoms with E-state index in [1.807, 2.05) is 78.9 Å². The molecule has 2 N–H and O–H groups in total. The van der Waals surface area contributed by atoms with Crippen LogP contribution in [-0.4, -0.2) is 16.6 Å². The third-order valence-electron chi connectivity index (χ3n) is 6.99. The molecule has 0 amide bonds. The van der Waals surface area contributed by atoms with E-state index in [0.29, 0.717) is 24.0 Å². The molecule has 5 nitrogen and oxygen atoms in total. The number of rotatable bonds is 4. The largest absolute Gasteiger partial charge is 0.372 e. The van der Waals surface area contributed by atoms with Gasteiger partial charge in [-0.25, -0.2) is 0 Å². The van der Waals surface area contributed by atoms with Gasteiger partial charge < -0.3 is 10.6 Å². The van der Waals surface area contributed by atoms with Gasteiger partial charge in [-0.3, -0.25) is 14.6 Å². The predicted molar refractivity (Wildman–Crippen MR) is 141 cm³/mol. The minimum absolute atomic E-state index is 0.0376. The molecular weight excluding hydrogens is 446 g/mol. The number of pyridine rings is 1. The van der Waals surface area contributed by atoms with Gasteiger partial charge >= 0.3 is 0 Å². The number of nitrogens with zero attached hydrogens (tertiary/aromatic N) is 1. The van der Waals surface area contributed by atoms with Crippen LogP contribution in [0, 0.1) is 0 Å². The molecule has 2 atom stereocenters. The Bertz CT molecular complexity index is 1460. The van der Waals surface area contributed by atoms with Crippen LogP contribution >= 0.6 is 0 Å². The molecule has 3 aromatic carbocycles. The first-order valence-electron chi connectivity index (χ1n) is 12.2.